The number of ether oxygens (including phenoxy) is 2. The van der Waals surface area contributed by atoms with E-state index in [0.717, 1.165) is 12.8 Å². The van der Waals surface area contributed by atoms with Crippen LogP contribution in [0.3, 0.4) is 0 Å². The SMILES string of the molecule is B#C.CC(C)OC(=O)CCC(=O)OC1CC(C)(C)N(C)C(C)(C)C1. The maximum Gasteiger partial charge on any atom is 0.306 e. The van der Waals surface area contributed by atoms with Gasteiger partial charge < -0.3 is 9.47 Å². The Hall–Kier alpha value is -1.26. The first-order chi connectivity index (χ1) is 10.9. The number of esters is 2. The third-order valence-corrected chi connectivity index (χ3v) is 4.47. The topological polar surface area (TPSA) is 55.8 Å². The van der Waals surface area contributed by atoms with E-state index in [1.807, 2.05) is 0 Å². The van der Waals surface area contributed by atoms with Gasteiger partial charge in [-0.25, -0.2) is 0 Å². The van der Waals surface area contributed by atoms with E-state index in [9.17, 15) is 9.59 Å². The molecule has 6 heteroatoms. The van der Waals surface area contributed by atoms with Crippen LogP contribution in [0.1, 0.15) is 67.2 Å². The number of likely N-dealkylation sites (tertiary alicyclic amines) is 1. The molecule has 136 valence electrons. The van der Waals surface area contributed by atoms with Gasteiger partial charge in [0.05, 0.1) is 18.9 Å². The van der Waals surface area contributed by atoms with E-state index in [2.05, 4.69) is 53.3 Å². The van der Waals surface area contributed by atoms with Crippen molar-refractivity contribution in [1.82, 2.24) is 4.90 Å². The van der Waals surface area contributed by atoms with Gasteiger partial charge in [-0.05, 0) is 48.6 Å². The smallest absolute Gasteiger partial charge is 0.306 e. The van der Waals surface area contributed by atoms with Crippen LogP contribution < -0.4 is 0 Å². The van der Waals surface area contributed by atoms with Crippen molar-refractivity contribution in [2.75, 3.05) is 7.05 Å². The molecule has 0 atom stereocenters. The van der Waals surface area contributed by atoms with Gasteiger partial charge in [-0.15, -0.1) is 0 Å². The van der Waals surface area contributed by atoms with Gasteiger partial charge in [0.15, 0.2) is 0 Å². The molecule has 0 unspecified atom stereocenters. The third-order valence-electron chi connectivity index (χ3n) is 4.47. The molecule has 0 amide bonds. The molecule has 0 aromatic heterocycles. The quantitative estimate of drug-likeness (QED) is 0.570. The van der Waals surface area contributed by atoms with Crippen LogP contribution in [0, 0.1) is 6.31 Å². The van der Waals surface area contributed by atoms with Crippen molar-refractivity contribution in [3.63, 3.8) is 0 Å². The van der Waals surface area contributed by atoms with Crippen molar-refractivity contribution in [1.29, 1.82) is 0 Å². The van der Waals surface area contributed by atoms with E-state index in [1.165, 1.54) is 0 Å². The Labute approximate surface area is 147 Å². The predicted octanol–water partition coefficient (Wildman–Crippen LogP) is 2.66. The zero-order chi connectivity index (χ0) is 19.1. The Balaban J connectivity index is 0.00000254. The second-order valence-corrected chi connectivity index (χ2v) is 7.74. The number of piperidine rings is 1. The number of rotatable bonds is 5. The summed E-state index contributed by atoms with van der Waals surface area (Å²) in [5.74, 6) is -0.669. The van der Waals surface area contributed by atoms with E-state index >= 15 is 0 Å². The number of nitrogens with zero attached hydrogens (tertiary/aromatic N) is 1. The first-order valence-electron chi connectivity index (χ1n) is 8.40. The van der Waals surface area contributed by atoms with Gasteiger partial charge >= 0.3 is 25.6 Å². The Morgan fingerprint density at radius 1 is 1.08 bits per heavy atom. The minimum atomic E-state index is -0.351. The van der Waals surface area contributed by atoms with Crippen LogP contribution in [0.4, 0.5) is 0 Å². The van der Waals surface area contributed by atoms with Crippen molar-refractivity contribution in [3.05, 3.63) is 0 Å². The predicted molar refractivity (Wildman–Crippen MR) is 96.2 cm³/mol. The van der Waals surface area contributed by atoms with Gasteiger partial charge in [-0.1, -0.05) is 0 Å². The molecule has 1 aliphatic heterocycles. The molecule has 0 N–H and O–H groups in total. The summed E-state index contributed by atoms with van der Waals surface area (Å²) in [5.41, 5.74) is -0.0491. The summed E-state index contributed by atoms with van der Waals surface area (Å²) in [7, 11) is 6.11. The van der Waals surface area contributed by atoms with Gasteiger partial charge in [-0.2, -0.15) is 0 Å². The molecule has 0 aromatic rings. The van der Waals surface area contributed by atoms with Crippen LogP contribution >= 0.6 is 0 Å². The van der Waals surface area contributed by atoms with Crippen LogP contribution in [-0.4, -0.2) is 54.5 Å². The second kappa shape index (κ2) is 9.29. The van der Waals surface area contributed by atoms with Crippen molar-refractivity contribution in [3.8, 4) is 6.31 Å². The molecule has 0 bridgehead atoms. The molecule has 0 radical (unpaired) electrons. The molecule has 1 aliphatic rings. The second-order valence-electron chi connectivity index (χ2n) is 7.74. The van der Waals surface area contributed by atoms with Crippen LogP contribution in [0.5, 0.6) is 0 Å². The molecule has 0 aliphatic carbocycles. The Bertz CT molecular complexity index is 439. The fourth-order valence-electron chi connectivity index (χ4n) is 3.13. The van der Waals surface area contributed by atoms with Crippen LogP contribution in [0.2, 0.25) is 0 Å². The molecular weight excluding hydrogens is 305 g/mol. The minimum Gasteiger partial charge on any atom is -0.463 e. The van der Waals surface area contributed by atoms with Gasteiger partial charge in [0.1, 0.15) is 6.10 Å². The van der Waals surface area contributed by atoms with Gasteiger partial charge in [0.2, 0.25) is 0 Å². The van der Waals surface area contributed by atoms with Crippen LogP contribution in [-0.2, 0) is 19.1 Å². The van der Waals surface area contributed by atoms with Crippen LogP contribution in [0.25, 0.3) is 0 Å². The molecule has 1 saturated heterocycles. The number of carbonyl (C=O) groups is 2. The zero-order valence-corrected chi connectivity index (χ0v) is 16.2. The van der Waals surface area contributed by atoms with E-state index in [-0.39, 0.29) is 48.1 Å². The summed E-state index contributed by atoms with van der Waals surface area (Å²) in [5, 5.41) is 0. The maximum absolute atomic E-state index is 12.0. The fourth-order valence-corrected chi connectivity index (χ4v) is 3.13. The summed E-state index contributed by atoms with van der Waals surface area (Å²) in [6.07, 6.45) is 5.51. The molecule has 1 heterocycles. The first kappa shape index (κ1) is 22.7. The van der Waals surface area contributed by atoms with E-state index < -0.39 is 0 Å². The van der Waals surface area contributed by atoms with E-state index in [0.29, 0.717) is 0 Å². The Morgan fingerprint density at radius 3 is 1.92 bits per heavy atom. The van der Waals surface area contributed by atoms with Gasteiger partial charge in [0.25, 0.3) is 0 Å². The zero-order valence-electron chi connectivity index (χ0n) is 16.2. The van der Waals surface area contributed by atoms with E-state index in [1.54, 1.807) is 13.8 Å². The molecule has 5 nitrogen and oxygen atoms in total. The summed E-state index contributed by atoms with van der Waals surface area (Å²) in [6, 6.07) is 0. The molecule has 24 heavy (non-hydrogen) atoms. The number of carbonyl (C=O) groups excluding carboxylic acids is 2. The maximum atomic E-state index is 12.0. The first-order valence-corrected chi connectivity index (χ1v) is 8.40. The molecular formula is C18H32BNO4. The Kier molecular flexibility index (Phi) is 8.80. The van der Waals surface area contributed by atoms with Crippen molar-refractivity contribution in [2.24, 2.45) is 0 Å². The average molecular weight is 337 g/mol. The van der Waals surface area contributed by atoms with Gasteiger partial charge in [0, 0.05) is 23.9 Å². The summed E-state index contributed by atoms with van der Waals surface area (Å²) >= 11 is 0. The van der Waals surface area contributed by atoms with E-state index in [4.69, 9.17) is 9.47 Å². The van der Waals surface area contributed by atoms with Crippen molar-refractivity contribution >= 4 is 19.3 Å². The number of hydrogen-bond donors (Lipinski definition) is 0. The summed E-state index contributed by atoms with van der Waals surface area (Å²) in [4.78, 5) is 25.8. The summed E-state index contributed by atoms with van der Waals surface area (Å²) < 4.78 is 10.6. The normalized spacial score (nSPS) is 20.0. The number of hydrogen-bond acceptors (Lipinski definition) is 5. The molecule has 0 saturated carbocycles. The summed E-state index contributed by atoms with van der Waals surface area (Å²) in [6.45, 7) is 12.2. The largest absolute Gasteiger partial charge is 0.463 e. The molecule has 0 spiro atoms. The van der Waals surface area contributed by atoms with Crippen molar-refractivity contribution < 1.29 is 19.1 Å². The van der Waals surface area contributed by atoms with Crippen molar-refractivity contribution in [2.45, 2.75) is 90.5 Å². The van der Waals surface area contributed by atoms with Crippen LogP contribution in [0.15, 0.2) is 0 Å². The molecule has 0 aromatic carbocycles. The standard InChI is InChI=1S/C17H31NO4.CHB/c1-12(2)21-14(19)8-9-15(20)22-13-10-16(3,4)18(7)17(5,6)11-13;1-2/h12-13H,8-11H2,1-7H3;1H. The molecule has 1 fully saturated rings. The molecule has 1 rings (SSSR count). The minimum absolute atomic E-state index is 0.0245. The third kappa shape index (κ3) is 7.10. The fraction of sp³-hybridized carbons (Fsp3) is 0.833. The monoisotopic (exact) mass is 337 g/mol. The average Bonchev–Trinajstić information content (AvgIpc) is 2.43. The Morgan fingerprint density at radius 2 is 1.50 bits per heavy atom. The van der Waals surface area contributed by atoms with Gasteiger partial charge in [-0.3, -0.25) is 14.5 Å².